The Morgan fingerprint density at radius 3 is 2.16 bits per heavy atom. The summed E-state index contributed by atoms with van der Waals surface area (Å²) < 4.78 is 54.7. The molecule has 2 aliphatic rings. The quantitative estimate of drug-likeness (QED) is 0.632. The van der Waals surface area contributed by atoms with Crippen LogP contribution in [0.2, 0.25) is 0 Å². The normalized spacial score (nSPS) is 25.8. The lowest BCUT2D eigenvalue weighted by atomic mass is 9.79. The van der Waals surface area contributed by atoms with Crippen LogP contribution in [0, 0.1) is 0 Å². The summed E-state index contributed by atoms with van der Waals surface area (Å²) in [5, 5.41) is 9.85. The minimum atomic E-state index is -4.83. The van der Waals surface area contributed by atoms with Crippen LogP contribution in [-0.4, -0.2) is 39.2 Å². The summed E-state index contributed by atoms with van der Waals surface area (Å²) in [6.45, 7) is 0.688. The van der Waals surface area contributed by atoms with E-state index in [2.05, 4.69) is 4.98 Å². The first-order chi connectivity index (χ1) is 15.0. The van der Waals surface area contributed by atoms with Gasteiger partial charge in [0.1, 0.15) is 5.67 Å². The van der Waals surface area contributed by atoms with Crippen molar-refractivity contribution < 1.29 is 27.5 Å². The van der Waals surface area contributed by atoms with Crippen molar-refractivity contribution in [2.24, 2.45) is 0 Å². The number of benzene rings is 1. The van der Waals surface area contributed by atoms with Gasteiger partial charge in [-0.25, -0.2) is 4.39 Å². The van der Waals surface area contributed by atoms with Crippen molar-refractivity contribution >= 4 is 5.91 Å². The molecule has 2 aliphatic carbocycles. The fourth-order valence-electron chi connectivity index (χ4n) is 4.49. The molecule has 2 fully saturated rings. The third-order valence-corrected chi connectivity index (χ3v) is 6.74. The van der Waals surface area contributed by atoms with E-state index in [4.69, 9.17) is 0 Å². The highest BCUT2D eigenvalue weighted by Crippen LogP contribution is 2.44. The lowest BCUT2D eigenvalue weighted by Crippen LogP contribution is -2.45. The summed E-state index contributed by atoms with van der Waals surface area (Å²) in [6, 6.07) is 8.33. The van der Waals surface area contributed by atoms with E-state index in [9.17, 15) is 23.1 Å². The molecule has 172 valence electrons. The average Bonchev–Trinajstić information content (AvgIpc) is 3.60. The van der Waals surface area contributed by atoms with Crippen LogP contribution >= 0.6 is 0 Å². The predicted octanol–water partition coefficient (Wildman–Crippen LogP) is 5.26. The molecule has 1 aromatic heterocycles. The summed E-state index contributed by atoms with van der Waals surface area (Å²) in [4.78, 5) is 19.1. The van der Waals surface area contributed by atoms with E-state index in [0.717, 1.165) is 25.0 Å². The lowest BCUT2D eigenvalue weighted by Gasteiger charge is -2.40. The maximum Gasteiger partial charge on any atom is 0.421 e. The molecule has 0 radical (unpaired) electrons. The highest BCUT2D eigenvalue weighted by atomic mass is 19.4. The number of aliphatic hydroxyl groups is 1. The van der Waals surface area contributed by atoms with E-state index >= 15 is 4.39 Å². The lowest BCUT2D eigenvalue weighted by molar-refractivity contribution is -0.258. The first kappa shape index (κ1) is 22.7. The van der Waals surface area contributed by atoms with Crippen LogP contribution in [0.25, 0.3) is 0 Å². The zero-order chi connectivity index (χ0) is 23.1. The number of nitrogens with zero attached hydrogens (tertiary/aromatic N) is 2. The zero-order valence-corrected chi connectivity index (χ0v) is 17.8. The summed E-state index contributed by atoms with van der Waals surface area (Å²) in [5.41, 5.74) is -3.97. The Morgan fingerprint density at radius 2 is 1.66 bits per heavy atom. The Kier molecular flexibility index (Phi) is 5.77. The molecule has 0 saturated heterocycles. The van der Waals surface area contributed by atoms with Crippen LogP contribution in [0.5, 0.6) is 0 Å². The maximum absolute atomic E-state index is 15.5. The molecule has 1 N–H and O–H groups in total. The summed E-state index contributed by atoms with van der Waals surface area (Å²) >= 11 is 0. The van der Waals surface area contributed by atoms with Crippen molar-refractivity contribution in [3.63, 3.8) is 0 Å². The molecular weight excluding hydrogens is 424 g/mol. The van der Waals surface area contributed by atoms with Crippen LogP contribution in [0.3, 0.4) is 0 Å². The molecule has 4 nitrogen and oxygen atoms in total. The topological polar surface area (TPSA) is 53.4 Å². The molecule has 2 aromatic rings. The van der Waals surface area contributed by atoms with E-state index in [1.165, 1.54) is 12.1 Å². The number of amides is 1. The van der Waals surface area contributed by atoms with Gasteiger partial charge in [0.15, 0.2) is 5.60 Å². The van der Waals surface area contributed by atoms with Crippen molar-refractivity contribution in [1.82, 2.24) is 9.88 Å². The zero-order valence-electron chi connectivity index (χ0n) is 17.8. The van der Waals surface area contributed by atoms with Gasteiger partial charge in [-0.1, -0.05) is 18.2 Å². The number of halogens is 4. The third kappa shape index (κ3) is 4.25. The molecule has 0 bridgehead atoms. The van der Waals surface area contributed by atoms with Crippen LogP contribution in [0.15, 0.2) is 48.8 Å². The SMILES string of the molecule is C[C@](O)(c1ccc(C(=O)N(C2CC2)[C@H]2CC[C@](F)(c3cccnc3)CC2)cc1)C(F)(F)F. The minimum absolute atomic E-state index is 0.0796. The van der Waals surface area contributed by atoms with Crippen LogP contribution in [0.1, 0.15) is 66.9 Å². The second kappa shape index (κ2) is 8.14. The first-order valence-electron chi connectivity index (χ1n) is 10.8. The average molecular weight is 450 g/mol. The molecule has 0 aliphatic heterocycles. The van der Waals surface area contributed by atoms with Gasteiger partial charge in [0.2, 0.25) is 0 Å². The Morgan fingerprint density at radius 1 is 1.06 bits per heavy atom. The standard InChI is InChI=1S/C24H26F4N2O2/c1-22(32,24(26,27)28)17-6-4-16(5-7-17)21(31)30(19-8-9-19)20-10-12-23(25,13-11-20)18-3-2-14-29-15-18/h2-7,14-15,19-20,32H,8-13H2,1H3/t20-,22-,23+/m0/s1. The van der Waals surface area contributed by atoms with Gasteiger partial charge in [-0.3, -0.25) is 9.78 Å². The predicted molar refractivity (Wildman–Crippen MR) is 111 cm³/mol. The molecule has 1 aromatic carbocycles. The number of carbonyl (C=O) groups excluding carboxylic acids is 1. The smallest absolute Gasteiger partial charge is 0.376 e. The second-order valence-electron chi connectivity index (χ2n) is 9.03. The van der Waals surface area contributed by atoms with Crippen LogP contribution < -0.4 is 0 Å². The van der Waals surface area contributed by atoms with E-state index < -0.39 is 17.4 Å². The molecule has 8 heteroatoms. The van der Waals surface area contributed by atoms with Gasteiger partial charge in [-0.2, -0.15) is 13.2 Å². The Labute approximate surface area is 184 Å². The van der Waals surface area contributed by atoms with E-state index in [1.807, 2.05) is 0 Å². The number of rotatable bonds is 5. The number of carbonyl (C=O) groups is 1. The molecule has 2 saturated carbocycles. The Bertz CT molecular complexity index is 948. The number of hydrogen-bond acceptors (Lipinski definition) is 3. The second-order valence-corrected chi connectivity index (χ2v) is 9.03. The number of hydrogen-bond donors (Lipinski definition) is 1. The highest BCUT2D eigenvalue weighted by molar-refractivity contribution is 5.95. The molecule has 4 rings (SSSR count). The minimum Gasteiger partial charge on any atom is -0.376 e. The number of aromatic nitrogens is 1. The van der Waals surface area contributed by atoms with E-state index in [-0.39, 0.29) is 42.0 Å². The van der Waals surface area contributed by atoms with Crippen molar-refractivity contribution in [1.29, 1.82) is 0 Å². The molecule has 32 heavy (non-hydrogen) atoms. The highest BCUT2D eigenvalue weighted by Gasteiger charge is 2.51. The van der Waals surface area contributed by atoms with Gasteiger partial charge in [-0.15, -0.1) is 0 Å². The van der Waals surface area contributed by atoms with Gasteiger partial charge >= 0.3 is 6.18 Å². The largest absolute Gasteiger partial charge is 0.421 e. The van der Waals surface area contributed by atoms with Gasteiger partial charge in [0.05, 0.1) is 0 Å². The summed E-state index contributed by atoms with van der Waals surface area (Å²) in [6.07, 6.45) is 1.64. The Balaban J connectivity index is 1.49. The molecular formula is C24H26F4N2O2. The summed E-state index contributed by atoms with van der Waals surface area (Å²) in [5.74, 6) is -0.261. The number of alkyl halides is 4. The van der Waals surface area contributed by atoms with Crippen molar-refractivity contribution in [2.45, 2.75) is 75.0 Å². The first-order valence-corrected chi connectivity index (χ1v) is 10.8. The Hall–Kier alpha value is -2.48. The van der Waals surface area contributed by atoms with Crippen LogP contribution in [0.4, 0.5) is 17.6 Å². The molecule has 1 atom stereocenters. The molecule has 0 spiro atoms. The van der Waals surface area contributed by atoms with Gasteiger partial charge in [-0.05, 0) is 69.2 Å². The molecule has 0 unspecified atom stereocenters. The summed E-state index contributed by atoms with van der Waals surface area (Å²) in [7, 11) is 0. The number of pyridine rings is 1. The van der Waals surface area contributed by atoms with Crippen molar-refractivity contribution in [2.75, 3.05) is 0 Å². The van der Waals surface area contributed by atoms with Gasteiger partial charge in [0.25, 0.3) is 5.91 Å². The van der Waals surface area contributed by atoms with Gasteiger partial charge < -0.3 is 10.0 Å². The van der Waals surface area contributed by atoms with E-state index in [0.29, 0.717) is 25.3 Å². The monoisotopic (exact) mass is 450 g/mol. The fourth-order valence-corrected chi connectivity index (χ4v) is 4.49. The third-order valence-electron chi connectivity index (χ3n) is 6.74. The van der Waals surface area contributed by atoms with Crippen molar-refractivity contribution in [3.8, 4) is 0 Å². The fraction of sp³-hybridized carbons (Fsp3) is 0.500. The van der Waals surface area contributed by atoms with Gasteiger partial charge in [0, 0.05) is 35.6 Å². The maximum atomic E-state index is 15.5. The molecule has 1 heterocycles. The molecule has 1 amide bonds. The van der Waals surface area contributed by atoms with Crippen LogP contribution in [-0.2, 0) is 11.3 Å². The van der Waals surface area contributed by atoms with E-state index in [1.54, 1.807) is 29.4 Å². The van der Waals surface area contributed by atoms with Crippen molar-refractivity contribution in [3.05, 3.63) is 65.5 Å².